The second-order valence-corrected chi connectivity index (χ2v) is 12.7. The van der Waals surface area contributed by atoms with E-state index in [1.54, 1.807) is 12.1 Å². The molecule has 1 amide bonds. The second kappa shape index (κ2) is 15.5. The molecule has 15 nitrogen and oxygen atoms in total. The number of aliphatic hydroxyl groups is 3. The first-order valence-corrected chi connectivity index (χ1v) is 16.2. The van der Waals surface area contributed by atoms with Gasteiger partial charge in [0.15, 0.2) is 11.5 Å². The lowest BCUT2D eigenvalue weighted by atomic mass is 10.1. The highest BCUT2D eigenvalue weighted by molar-refractivity contribution is 6.60. The Hall–Kier alpha value is -3.25. The molecular formula is C27H41N5O10Si. The molecule has 0 aliphatic carbocycles. The molecule has 238 valence electrons. The molecule has 0 bridgehead atoms. The number of amides is 1. The lowest BCUT2D eigenvalue weighted by Gasteiger charge is -2.28. The van der Waals surface area contributed by atoms with E-state index in [9.17, 15) is 29.7 Å². The lowest BCUT2D eigenvalue weighted by molar-refractivity contribution is -0.0816. The van der Waals surface area contributed by atoms with Gasteiger partial charge in [-0.15, -0.1) is 0 Å². The van der Waals surface area contributed by atoms with Gasteiger partial charge in [-0.3, -0.25) is 9.78 Å². The Balaban J connectivity index is 1.63. The van der Waals surface area contributed by atoms with E-state index in [1.165, 1.54) is 4.57 Å². The normalized spacial score (nSPS) is 14.1. The number of nitrogens with one attached hydrogen (secondary N) is 2. The van der Waals surface area contributed by atoms with Crippen molar-refractivity contribution in [1.29, 1.82) is 0 Å². The van der Waals surface area contributed by atoms with E-state index in [0.29, 0.717) is 43.3 Å². The number of ether oxygens (including phenoxy) is 1. The molecule has 2 aliphatic heterocycles. The number of benzene rings is 1. The molecule has 2 heterocycles. The van der Waals surface area contributed by atoms with E-state index in [0.717, 1.165) is 11.1 Å². The minimum absolute atomic E-state index is 0.0917. The molecule has 16 heteroatoms. The van der Waals surface area contributed by atoms with Crippen LogP contribution < -0.4 is 16.6 Å². The van der Waals surface area contributed by atoms with Crippen LogP contribution in [-0.4, -0.2) is 101 Å². The van der Waals surface area contributed by atoms with E-state index in [-0.39, 0.29) is 24.6 Å². The summed E-state index contributed by atoms with van der Waals surface area (Å²) < 4.78 is 23.8. The number of aryl methyl sites for hydroxylation is 2. The Labute approximate surface area is 249 Å². The number of hydrogen-bond donors (Lipinski definition) is 5. The van der Waals surface area contributed by atoms with Gasteiger partial charge in [-0.1, -0.05) is 0 Å². The molecule has 0 fully saturated rings. The van der Waals surface area contributed by atoms with Crippen LogP contribution in [0.25, 0.3) is 22.6 Å². The summed E-state index contributed by atoms with van der Waals surface area (Å²) in [5.74, 6) is -0.0917. The molecule has 0 saturated heterocycles. The number of aromatic amines is 1. The number of H-pyrrole nitrogens is 1. The van der Waals surface area contributed by atoms with Gasteiger partial charge in [-0.25, -0.2) is 14.6 Å². The van der Waals surface area contributed by atoms with Crippen molar-refractivity contribution in [2.75, 3.05) is 33.0 Å². The van der Waals surface area contributed by atoms with E-state index in [2.05, 4.69) is 20.3 Å². The van der Waals surface area contributed by atoms with Crippen LogP contribution in [0.5, 0.6) is 0 Å². The minimum Gasteiger partial charge on any atom is -0.447 e. The molecule has 43 heavy (non-hydrogen) atoms. The molecule has 3 atom stereocenters. The predicted octanol–water partition coefficient (Wildman–Crippen LogP) is 0.449. The number of carbonyl (C=O) groups excluding carboxylic acids is 1. The minimum atomic E-state index is -2.85. The first kappa shape index (κ1) is 34.2. The van der Waals surface area contributed by atoms with Gasteiger partial charge in [-0.05, 0) is 64.3 Å². The van der Waals surface area contributed by atoms with E-state index >= 15 is 0 Å². The smallest absolute Gasteiger partial charge is 0.447 e. The Morgan fingerprint density at radius 1 is 1.00 bits per heavy atom. The number of nitrogens with zero attached hydrogens (tertiary/aromatic N) is 3. The van der Waals surface area contributed by atoms with Crippen molar-refractivity contribution in [3.8, 4) is 11.5 Å². The number of aromatic nitrogens is 4. The standard InChI is InChI=1S/C27H41N5O10Si/c1-6-40-43(41-7-2,42-8-3)11-9-10-28-27(38)39-15-21(34)23(35)20(33)14-32-19-13-17(5)16(4)12-18(19)29-22-24(32)30-26(37)31-25(22)36/h12-13,20-21,23,33-35H,6-11,14-15H2,1-5H3,(H,28,38)(H,31,36,37). The van der Waals surface area contributed by atoms with Crippen LogP contribution >= 0.6 is 0 Å². The van der Waals surface area contributed by atoms with Crippen LogP contribution in [0.3, 0.4) is 0 Å². The van der Waals surface area contributed by atoms with Crippen molar-refractivity contribution < 1.29 is 38.1 Å². The largest absolute Gasteiger partial charge is 0.500 e. The predicted molar refractivity (Wildman–Crippen MR) is 158 cm³/mol. The molecule has 5 N–H and O–H groups in total. The number of aliphatic hydroxyl groups excluding tert-OH is 3. The SMILES string of the molecule is CCO[Si](CCCNC(=O)OCC(O)C(O)C(O)Cn1c2nc(=O)[nH]c(=O)c-2nc2cc(C)c(C)cc21)(OCC)OCC. The number of hydrogen-bond acceptors (Lipinski definition) is 12. The first-order chi connectivity index (χ1) is 20.4. The molecule has 0 aromatic heterocycles. The molecule has 1 aromatic carbocycles. The highest BCUT2D eigenvalue weighted by Gasteiger charge is 2.39. The summed E-state index contributed by atoms with van der Waals surface area (Å²) in [7, 11) is -2.85. The molecule has 0 spiro atoms. The van der Waals surface area contributed by atoms with Crippen molar-refractivity contribution in [3.63, 3.8) is 0 Å². The zero-order valence-electron chi connectivity index (χ0n) is 25.1. The molecule has 2 aliphatic rings. The zero-order chi connectivity index (χ0) is 31.7. The van der Waals surface area contributed by atoms with Crippen molar-refractivity contribution >= 4 is 25.9 Å². The number of fused-ring (bicyclic) bond motifs is 2. The summed E-state index contributed by atoms with van der Waals surface area (Å²) in [5, 5.41) is 34.5. The van der Waals surface area contributed by atoms with Crippen molar-refractivity contribution in [1.82, 2.24) is 24.8 Å². The summed E-state index contributed by atoms with van der Waals surface area (Å²) in [4.78, 5) is 46.9. The fourth-order valence-corrected chi connectivity index (χ4v) is 7.21. The third-order valence-electron chi connectivity index (χ3n) is 6.79. The average Bonchev–Trinajstić information content (AvgIpc) is 2.95. The van der Waals surface area contributed by atoms with Crippen LogP contribution in [0, 0.1) is 13.8 Å². The van der Waals surface area contributed by atoms with Crippen LogP contribution in [0.2, 0.25) is 6.04 Å². The quantitative estimate of drug-likeness (QED) is 0.0837. The Morgan fingerprint density at radius 2 is 1.63 bits per heavy atom. The molecule has 3 unspecified atom stereocenters. The van der Waals surface area contributed by atoms with Crippen LogP contribution in [-0.2, 0) is 24.6 Å². The van der Waals surface area contributed by atoms with Gasteiger partial charge in [0, 0.05) is 32.4 Å². The van der Waals surface area contributed by atoms with Crippen LogP contribution in [0.1, 0.15) is 38.3 Å². The topological polar surface area (TPSA) is 207 Å². The highest BCUT2D eigenvalue weighted by Crippen LogP contribution is 2.24. The number of alkyl carbamates (subject to hydrolysis) is 1. The number of rotatable bonds is 16. The average molecular weight is 624 g/mol. The summed E-state index contributed by atoms with van der Waals surface area (Å²) in [6.07, 6.45) is -5.34. The molecule has 1 aromatic rings. The maximum absolute atomic E-state index is 12.5. The fourth-order valence-electron chi connectivity index (χ4n) is 4.59. The van der Waals surface area contributed by atoms with E-state index < -0.39 is 51.1 Å². The van der Waals surface area contributed by atoms with Gasteiger partial charge in [-0.2, -0.15) is 4.98 Å². The summed E-state index contributed by atoms with van der Waals surface area (Å²) >= 11 is 0. The van der Waals surface area contributed by atoms with Gasteiger partial charge >= 0.3 is 20.6 Å². The molecule has 3 rings (SSSR count). The first-order valence-electron chi connectivity index (χ1n) is 14.2. The summed E-state index contributed by atoms with van der Waals surface area (Å²) in [6, 6.07) is 4.00. The third-order valence-corrected chi connectivity index (χ3v) is 9.94. The second-order valence-electron chi connectivity index (χ2n) is 9.93. The Bertz CT molecular complexity index is 1450. The van der Waals surface area contributed by atoms with E-state index in [1.807, 2.05) is 34.6 Å². The van der Waals surface area contributed by atoms with Crippen molar-refractivity contribution in [3.05, 3.63) is 44.1 Å². The van der Waals surface area contributed by atoms with Crippen molar-refractivity contribution in [2.45, 2.75) is 71.9 Å². The van der Waals surface area contributed by atoms with Crippen LogP contribution in [0.4, 0.5) is 4.79 Å². The maximum atomic E-state index is 12.5. The Morgan fingerprint density at radius 3 is 2.26 bits per heavy atom. The zero-order valence-corrected chi connectivity index (χ0v) is 26.1. The van der Waals surface area contributed by atoms with Crippen molar-refractivity contribution in [2.24, 2.45) is 0 Å². The monoisotopic (exact) mass is 623 g/mol. The molecule has 0 saturated carbocycles. The molecule has 0 radical (unpaired) electrons. The number of carbonyl (C=O) groups is 1. The van der Waals surface area contributed by atoms with Crippen LogP contribution in [0.15, 0.2) is 21.7 Å². The molecular weight excluding hydrogens is 582 g/mol. The van der Waals surface area contributed by atoms with Gasteiger partial charge in [0.25, 0.3) is 5.56 Å². The summed E-state index contributed by atoms with van der Waals surface area (Å²) in [5.41, 5.74) is 0.878. The van der Waals surface area contributed by atoms with Gasteiger partial charge < -0.3 is 43.2 Å². The summed E-state index contributed by atoms with van der Waals surface area (Å²) in [6.45, 7) is 9.88. The highest BCUT2D eigenvalue weighted by atomic mass is 28.4. The third kappa shape index (κ3) is 8.66. The van der Waals surface area contributed by atoms with Gasteiger partial charge in [0.1, 0.15) is 24.9 Å². The lowest BCUT2D eigenvalue weighted by Crippen LogP contribution is -2.46. The van der Waals surface area contributed by atoms with Gasteiger partial charge in [0.2, 0.25) is 0 Å². The maximum Gasteiger partial charge on any atom is 0.500 e. The van der Waals surface area contributed by atoms with Gasteiger partial charge in [0.05, 0.1) is 17.6 Å². The Kier molecular flexibility index (Phi) is 12.3. The van der Waals surface area contributed by atoms with E-state index in [4.69, 9.17) is 18.0 Å². The fraction of sp³-hybridized carbons (Fsp3) is 0.593.